The van der Waals surface area contributed by atoms with Gasteiger partial charge in [-0.2, -0.15) is 23.5 Å². The highest BCUT2D eigenvalue weighted by atomic mass is 35.5. The van der Waals surface area contributed by atoms with Gasteiger partial charge in [-0.25, -0.2) is 10.1 Å². The fourth-order valence-corrected chi connectivity index (χ4v) is 2.94. The van der Waals surface area contributed by atoms with Crippen molar-refractivity contribution in [2.24, 2.45) is 0 Å². The number of nitrogens with zero attached hydrogens (tertiary/aromatic N) is 4. The van der Waals surface area contributed by atoms with Gasteiger partial charge in [-0.3, -0.25) is 9.59 Å². The summed E-state index contributed by atoms with van der Waals surface area (Å²) >= 11 is 5.84. The first-order valence-electron chi connectivity index (χ1n) is 8.83. The smallest absolute Gasteiger partial charge is 0.437 e. The van der Waals surface area contributed by atoms with Crippen molar-refractivity contribution in [1.82, 2.24) is 20.2 Å². The molecule has 3 rings (SSSR count). The van der Waals surface area contributed by atoms with Gasteiger partial charge in [0, 0.05) is 19.1 Å². The maximum atomic E-state index is 13.7. The van der Waals surface area contributed by atoms with Crippen LogP contribution in [0.1, 0.15) is 22.8 Å². The summed E-state index contributed by atoms with van der Waals surface area (Å²) in [5.74, 6) is -1.68. The van der Waals surface area contributed by atoms with Gasteiger partial charge in [0.2, 0.25) is 5.75 Å². The monoisotopic (exact) mass is 466 g/mol. The van der Waals surface area contributed by atoms with Gasteiger partial charge < -0.3 is 14.6 Å². The van der Waals surface area contributed by atoms with E-state index < -0.39 is 28.7 Å². The van der Waals surface area contributed by atoms with Crippen molar-refractivity contribution in [1.29, 1.82) is 5.26 Å². The Morgan fingerprint density at radius 1 is 1.19 bits per heavy atom. The molecule has 2 N–H and O–H groups in total. The number of aromatic amines is 2. The molecule has 0 saturated heterocycles. The molecule has 0 saturated carbocycles. The minimum Gasteiger partial charge on any atom is -0.449 e. The molecule has 0 amide bonds. The van der Waals surface area contributed by atoms with E-state index in [1.54, 1.807) is 20.2 Å². The molecule has 0 atom stereocenters. The van der Waals surface area contributed by atoms with Crippen LogP contribution in [0.3, 0.4) is 0 Å². The third-order valence-electron chi connectivity index (χ3n) is 4.08. The van der Waals surface area contributed by atoms with Gasteiger partial charge in [-0.05, 0) is 24.3 Å². The lowest BCUT2D eigenvalue weighted by Gasteiger charge is -2.14. The summed E-state index contributed by atoms with van der Waals surface area (Å²) in [5.41, 5.74) is -2.82. The fraction of sp³-hybridized carbons (Fsp3) is 0.211. The van der Waals surface area contributed by atoms with E-state index >= 15 is 0 Å². The quantitative estimate of drug-likeness (QED) is 0.591. The van der Waals surface area contributed by atoms with Crippen molar-refractivity contribution in [2.45, 2.75) is 12.6 Å². The lowest BCUT2D eigenvalue weighted by molar-refractivity contribution is -0.142. The molecule has 0 unspecified atom stereocenters. The summed E-state index contributed by atoms with van der Waals surface area (Å²) in [5, 5.41) is 15.0. The van der Waals surface area contributed by atoms with Gasteiger partial charge in [0.05, 0.1) is 23.7 Å². The Hall–Kier alpha value is -3.85. The minimum absolute atomic E-state index is 0.0305. The van der Waals surface area contributed by atoms with E-state index in [0.717, 1.165) is 12.1 Å². The number of benzene rings is 1. The van der Waals surface area contributed by atoms with E-state index in [4.69, 9.17) is 21.6 Å². The first kappa shape index (κ1) is 22.8. The largest absolute Gasteiger partial charge is 0.449 e. The lowest BCUT2D eigenvalue weighted by Crippen LogP contribution is -2.24. The molecule has 13 heteroatoms. The molecule has 0 radical (unpaired) electrons. The van der Waals surface area contributed by atoms with Crippen molar-refractivity contribution in [2.75, 3.05) is 19.0 Å². The van der Waals surface area contributed by atoms with Gasteiger partial charge in [0.1, 0.15) is 17.3 Å². The van der Waals surface area contributed by atoms with Crippen LogP contribution in [0.5, 0.6) is 11.5 Å². The molecule has 32 heavy (non-hydrogen) atoms. The van der Waals surface area contributed by atoms with E-state index in [-0.39, 0.29) is 40.0 Å². The maximum absolute atomic E-state index is 13.7. The van der Waals surface area contributed by atoms with Crippen LogP contribution in [0, 0.1) is 11.3 Å². The van der Waals surface area contributed by atoms with Crippen LogP contribution in [-0.2, 0) is 12.6 Å². The molecule has 3 aromatic rings. The van der Waals surface area contributed by atoms with Crippen LogP contribution in [0.15, 0.2) is 33.9 Å². The highest BCUT2D eigenvalue weighted by molar-refractivity contribution is 6.30. The summed E-state index contributed by atoms with van der Waals surface area (Å²) in [4.78, 5) is 31.5. The van der Waals surface area contributed by atoms with E-state index in [2.05, 4.69) is 20.2 Å². The normalized spacial score (nSPS) is 11.2. The average molecular weight is 467 g/mol. The lowest BCUT2D eigenvalue weighted by atomic mass is 10.2. The second-order valence-electron chi connectivity index (χ2n) is 6.72. The first-order valence-corrected chi connectivity index (χ1v) is 9.20. The van der Waals surface area contributed by atoms with E-state index in [0.29, 0.717) is 0 Å². The summed E-state index contributed by atoms with van der Waals surface area (Å²) in [6, 6.07) is 6.72. The Bertz CT molecular complexity index is 1330. The number of hydrogen-bond donors (Lipinski definition) is 2. The zero-order valence-electron chi connectivity index (χ0n) is 16.5. The molecule has 2 heterocycles. The summed E-state index contributed by atoms with van der Waals surface area (Å²) in [7, 11) is 3.21. The number of halogens is 4. The van der Waals surface area contributed by atoms with Crippen molar-refractivity contribution in [3.8, 4) is 17.6 Å². The first-order chi connectivity index (χ1) is 15.0. The molecule has 0 bridgehead atoms. The number of nitrogens with one attached hydrogen (secondary N) is 2. The molecule has 2 aromatic heterocycles. The van der Waals surface area contributed by atoms with Crippen molar-refractivity contribution in [3.05, 3.63) is 72.8 Å². The molecule has 166 valence electrons. The predicted octanol–water partition coefficient (Wildman–Crippen LogP) is 2.85. The van der Waals surface area contributed by atoms with Crippen LogP contribution in [-0.4, -0.2) is 34.3 Å². The fourth-order valence-electron chi connectivity index (χ4n) is 2.71. The second-order valence-corrected chi connectivity index (χ2v) is 7.16. The van der Waals surface area contributed by atoms with E-state index in [1.165, 1.54) is 17.0 Å². The Morgan fingerprint density at radius 3 is 2.53 bits per heavy atom. The van der Waals surface area contributed by atoms with Crippen LogP contribution in [0.4, 0.5) is 18.9 Å². The number of rotatable bonds is 5. The number of aromatic nitrogens is 4. The molecule has 0 spiro atoms. The van der Waals surface area contributed by atoms with Gasteiger partial charge in [-0.15, -0.1) is 0 Å². The molecule has 9 nitrogen and oxygen atoms in total. The van der Waals surface area contributed by atoms with Gasteiger partial charge in [0.15, 0.2) is 5.69 Å². The van der Waals surface area contributed by atoms with Gasteiger partial charge in [0.25, 0.3) is 11.1 Å². The topological polar surface area (TPSA) is 128 Å². The highest BCUT2D eigenvalue weighted by Gasteiger charge is 2.39. The number of nitriles is 1. The van der Waals surface area contributed by atoms with E-state index in [9.17, 15) is 22.8 Å². The summed E-state index contributed by atoms with van der Waals surface area (Å²) < 4.78 is 46.1. The van der Waals surface area contributed by atoms with Gasteiger partial charge in [-0.1, -0.05) is 11.6 Å². The van der Waals surface area contributed by atoms with E-state index in [1.807, 2.05) is 0 Å². The standard InChI is InChI=1S/C19H14ClF3N6O3/c1-29(2)13-6-11(27-28-17(13)30)7-14-25-16(19(21,22)23)15(18(31)26-14)32-12-4-9(8-24)3-10(20)5-12/h3-6H,7H2,1-2H3,(H,28,30)(H,25,26,31). The molecular formula is C19H14ClF3N6O3. The Balaban J connectivity index is 2.04. The molecule has 0 aliphatic carbocycles. The summed E-state index contributed by atoms with van der Waals surface area (Å²) in [6.07, 6.45) is -5.33. The van der Waals surface area contributed by atoms with Crippen LogP contribution < -0.4 is 20.8 Å². The van der Waals surface area contributed by atoms with Crippen molar-refractivity contribution in [3.63, 3.8) is 0 Å². The zero-order valence-corrected chi connectivity index (χ0v) is 17.3. The Labute approximate surface area is 183 Å². The van der Waals surface area contributed by atoms with Crippen LogP contribution in [0.2, 0.25) is 5.02 Å². The second kappa shape index (κ2) is 8.72. The highest BCUT2D eigenvalue weighted by Crippen LogP contribution is 2.35. The molecule has 0 aliphatic rings. The maximum Gasteiger partial charge on any atom is 0.437 e. The zero-order chi connectivity index (χ0) is 23.6. The average Bonchev–Trinajstić information content (AvgIpc) is 2.69. The number of alkyl halides is 3. The predicted molar refractivity (Wildman–Crippen MR) is 108 cm³/mol. The van der Waals surface area contributed by atoms with Crippen LogP contribution >= 0.6 is 11.6 Å². The molecular weight excluding hydrogens is 453 g/mol. The number of hydrogen-bond acceptors (Lipinski definition) is 7. The Kier molecular flexibility index (Phi) is 6.22. The number of ether oxygens (including phenoxy) is 1. The summed E-state index contributed by atoms with van der Waals surface area (Å²) in [6.45, 7) is 0. The minimum atomic E-state index is -5.03. The molecule has 1 aromatic carbocycles. The third-order valence-corrected chi connectivity index (χ3v) is 4.30. The number of anilines is 1. The Morgan fingerprint density at radius 2 is 1.91 bits per heavy atom. The number of H-pyrrole nitrogens is 2. The molecule has 0 fully saturated rings. The SMILES string of the molecule is CN(C)c1cc(Cc2nc(C(F)(F)F)c(Oc3cc(Cl)cc(C#N)c3)c(=O)[nH]2)n[nH]c1=O. The third kappa shape index (κ3) is 5.06. The van der Waals surface area contributed by atoms with Crippen LogP contribution in [0.25, 0.3) is 0 Å². The van der Waals surface area contributed by atoms with Crippen molar-refractivity contribution < 1.29 is 17.9 Å². The van der Waals surface area contributed by atoms with Crippen molar-refractivity contribution >= 4 is 17.3 Å². The molecule has 0 aliphatic heterocycles. The van der Waals surface area contributed by atoms with Gasteiger partial charge >= 0.3 is 6.18 Å².